The van der Waals surface area contributed by atoms with Crippen molar-refractivity contribution in [2.75, 3.05) is 14.2 Å². The molecule has 9 nitrogen and oxygen atoms in total. The Morgan fingerprint density at radius 3 is 1.64 bits per heavy atom. The number of hydrogen-bond acceptors (Lipinski definition) is 7. The Morgan fingerprint density at radius 1 is 0.795 bits per heavy atom. The molecule has 0 fully saturated rings. The second-order valence-electron chi connectivity index (χ2n) is 7.88. The molecular formula is C24H20F6N4O5. The minimum absolute atomic E-state index is 0.00979. The van der Waals surface area contributed by atoms with Gasteiger partial charge in [0.15, 0.2) is 6.29 Å². The van der Waals surface area contributed by atoms with Gasteiger partial charge in [0.25, 0.3) is 11.1 Å². The molecule has 0 atom stereocenters. The molecule has 0 aromatic carbocycles. The summed E-state index contributed by atoms with van der Waals surface area (Å²) in [6, 6.07) is 6.80. The van der Waals surface area contributed by atoms with Crippen LogP contribution in [0, 0.1) is 0 Å². The maximum absolute atomic E-state index is 12.8. The van der Waals surface area contributed by atoms with E-state index in [1.54, 1.807) is 0 Å². The third-order valence-corrected chi connectivity index (χ3v) is 5.45. The molecule has 0 saturated carbocycles. The second-order valence-corrected chi connectivity index (χ2v) is 7.88. The first-order valence-electron chi connectivity index (χ1n) is 10.9. The van der Waals surface area contributed by atoms with Crippen LogP contribution in [0.2, 0.25) is 0 Å². The number of alkyl halides is 6. The lowest BCUT2D eigenvalue weighted by atomic mass is 10.2. The van der Waals surface area contributed by atoms with Gasteiger partial charge in [0.05, 0.1) is 46.3 Å². The number of aldehydes is 1. The molecule has 4 aromatic rings. The summed E-state index contributed by atoms with van der Waals surface area (Å²) in [5.41, 5.74) is -2.29. The van der Waals surface area contributed by atoms with Gasteiger partial charge in [-0.3, -0.25) is 24.1 Å². The van der Waals surface area contributed by atoms with Crippen LogP contribution in [0.4, 0.5) is 26.3 Å². The van der Waals surface area contributed by atoms with E-state index < -0.39 is 40.9 Å². The predicted molar refractivity (Wildman–Crippen MR) is 126 cm³/mol. The van der Waals surface area contributed by atoms with Crippen LogP contribution in [0.5, 0.6) is 0 Å². The zero-order valence-electron chi connectivity index (χ0n) is 20.3. The Labute approximate surface area is 215 Å². The lowest BCUT2D eigenvalue weighted by molar-refractivity contribution is -0.138. The Kier molecular flexibility index (Phi) is 8.86. The first kappa shape index (κ1) is 29.4. The van der Waals surface area contributed by atoms with E-state index in [9.17, 15) is 40.7 Å². The number of fused-ring (bicyclic) bond motifs is 2. The van der Waals surface area contributed by atoms with Crippen molar-refractivity contribution in [3.05, 3.63) is 80.6 Å². The van der Waals surface area contributed by atoms with E-state index in [0.29, 0.717) is 12.5 Å². The molecule has 0 N–H and O–H groups in total. The summed E-state index contributed by atoms with van der Waals surface area (Å²) >= 11 is 0. The minimum atomic E-state index is -4.54. The van der Waals surface area contributed by atoms with Gasteiger partial charge in [0.1, 0.15) is 6.29 Å². The number of pyridine rings is 4. The molecule has 4 heterocycles. The SMILES string of the molecule is COC(Cn1c(=O)ccc2ncc(C(F)(F)F)cc21)OC.O=CCn1c(=O)ccc2ncc(C(F)(F)F)cc21. The molecule has 0 unspecified atom stereocenters. The first-order valence-corrected chi connectivity index (χ1v) is 10.9. The molecular weight excluding hydrogens is 538 g/mol. The van der Waals surface area contributed by atoms with E-state index >= 15 is 0 Å². The molecule has 0 aliphatic heterocycles. The zero-order chi connectivity index (χ0) is 29.0. The third-order valence-electron chi connectivity index (χ3n) is 5.45. The Balaban J connectivity index is 0.000000218. The van der Waals surface area contributed by atoms with Crippen LogP contribution in [0.15, 0.2) is 58.4 Å². The summed E-state index contributed by atoms with van der Waals surface area (Å²) in [5, 5.41) is 0. The van der Waals surface area contributed by atoms with Crippen LogP contribution in [0.3, 0.4) is 0 Å². The number of aromatic nitrogens is 4. The van der Waals surface area contributed by atoms with Crippen molar-refractivity contribution in [3.63, 3.8) is 0 Å². The number of halogens is 6. The van der Waals surface area contributed by atoms with Crippen LogP contribution < -0.4 is 11.1 Å². The molecule has 208 valence electrons. The molecule has 0 bridgehead atoms. The topological polar surface area (TPSA) is 105 Å². The largest absolute Gasteiger partial charge is 0.417 e. The Morgan fingerprint density at radius 2 is 1.23 bits per heavy atom. The lowest BCUT2D eigenvalue weighted by Gasteiger charge is -2.17. The zero-order valence-corrected chi connectivity index (χ0v) is 20.3. The van der Waals surface area contributed by atoms with Gasteiger partial charge in [-0.1, -0.05) is 0 Å². The van der Waals surface area contributed by atoms with Gasteiger partial charge in [-0.2, -0.15) is 26.3 Å². The Hall–Kier alpha value is -4.11. The molecule has 0 radical (unpaired) electrons. The highest BCUT2D eigenvalue weighted by atomic mass is 19.4. The molecule has 0 saturated heterocycles. The van der Waals surface area contributed by atoms with Crippen LogP contribution in [-0.4, -0.2) is 45.9 Å². The van der Waals surface area contributed by atoms with E-state index in [1.165, 1.54) is 32.4 Å². The number of nitrogens with zero attached hydrogens (tertiary/aromatic N) is 4. The van der Waals surface area contributed by atoms with Gasteiger partial charge in [-0.05, 0) is 24.3 Å². The standard InChI is InChI=1S/C13H13F3N2O3.C11H7F3N2O2/c1-20-12(21-2)7-18-10-5-8(13(14,15)16)6-17-9(10)3-4-11(18)19;12-11(13,14)7-5-9-8(15-6-7)1-2-10(18)16(9)3-4-17/h3-6,12H,7H2,1-2H3;1-2,4-6H,3H2. The van der Waals surface area contributed by atoms with Gasteiger partial charge >= 0.3 is 12.4 Å². The van der Waals surface area contributed by atoms with E-state index in [0.717, 1.165) is 33.5 Å². The molecule has 4 rings (SSSR count). The van der Waals surface area contributed by atoms with Crippen LogP contribution in [-0.2, 0) is 39.7 Å². The maximum Gasteiger partial charge on any atom is 0.417 e. The highest BCUT2D eigenvalue weighted by Crippen LogP contribution is 2.31. The molecule has 0 spiro atoms. The number of methoxy groups -OCH3 is 2. The number of hydrogen-bond donors (Lipinski definition) is 0. The second kappa shape index (κ2) is 11.7. The molecule has 39 heavy (non-hydrogen) atoms. The van der Waals surface area contributed by atoms with Crippen molar-refractivity contribution in [1.82, 2.24) is 19.1 Å². The Bertz CT molecular complexity index is 1590. The van der Waals surface area contributed by atoms with Crippen LogP contribution in [0.25, 0.3) is 22.1 Å². The highest BCUT2D eigenvalue weighted by molar-refractivity contribution is 5.76. The number of carbonyl (C=O) groups excluding carboxylic acids is 1. The highest BCUT2D eigenvalue weighted by Gasteiger charge is 2.32. The molecule has 0 aliphatic rings. The lowest BCUT2D eigenvalue weighted by Crippen LogP contribution is -2.29. The first-order chi connectivity index (χ1) is 18.3. The summed E-state index contributed by atoms with van der Waals surface area (Å²) in [6.45, 7) is -0.342. The van der Waals surface area contributed by atoms with Crippen molar-refractivity contribution in [3.8, 4) is 0 Å². The fourth-order valence-electron chi connectivity index (χ4n) is 3.49. The van der Waals surface area contributed by atoms with Gasteiger partial charge in [-0.25, -0.2) is 0 Å². The summed E-state index contributed by atoms with van der Waals surface area (Å²) in [7, 11) is 2.76. The van der Waals surface area contributed by atoms with Crippen molar-refractivity contribution in [2.24, 2.45) is 0 Å². The smallest absolute Gasteiger partial charge is 0.354 e. The van der Waals surface area contributed by atoms with Crippen molar-refractivity contribution in [2.45, 2.75) is 31.7 Å². The fourth-order valence-corrected chi connectivity index (χ4v) is 3.49. The monoisotopic (exact) mass is 558 g/mol. The van der Waals surface area contributed by atoms with Gasteiger partial charge in [0.2, 0.25) is 0 Å². The van der Waals surface area contributed by atoms with Gasteiger partial charge in [0, 0.05) is 38.7 Å². The van der Waals surface area contributed by atoms with E-state index in [1.807, 2.05) is 0 Å². The predicted octanol–water partition coefficient (Wildman–Crippen LogP) is 3.65. The average Bonchev–Trinajstić information content (AvgIpc) is 2.88. The average molecular weight is 558 g/mol. The van der Waals surface area contributed by atoms with Crippen LogP contribution >= 0.6 is 0 Å². The van der Waals surface area contributed by atoms with Gasteiger partial charge < -0.3 is 18.8 Å². The number of ether oxygens (including phenoxy) is 2. The molecule has 4 aromatic heterocycles. The van der Waals surface area contributed by atoms with Crippen LogP contribution in [0.1, 0.15) is 11.1 Å². The normalized spacial score (nSPS) is 12.0. The van der Waals surface area contributed by atoms with E-state index in [4.69, 9.17) is 9.47 Å². The number of carbonyl (C=O) groups is 1. The van der Waals surface area contributed by atoms with Crippen molar-refractivity contribution >= 4 is 28.4 Å². The van der Waals surface area contributed by atoms with E-state index in [2.05, 4.69) is 9.97 Å². The number of rotatable bonds is 6. The third kappa shape index (κ3) is 6.86. The summed E-state index contributed by atoms with van der Waals surface area (Å²) < 4.78 is 88.0. The molecule has 15 heteroatoms. The summed E-state index contributed by atoms with van der Waals surface area (Å²) in [4.78, 5) is 41.2. The molecule has 0 amide bonds. The van der Waals surface area contributed by atoms with Gasteiger partial charge in [-0.15, -0.1) is 0 Å². The summed E-state index contributed by atoms with van der Waals surface area (Å²) in [6.07, 6.45) is -7.94. The molecule has 0 aliphatic carbocycles. The minimum Gasteiger partial charge on any atom is -0.354 e. The van der Waals surface area contributed by atoms with Crippen molar-refractivity contribution in [1.29, 1.82) is 0 Å². The quantitative estimate of drug-likeness (QED) is 0.202. The fraction of sp³-hybridized carbons (Fsp3) is 0.292. The van der Waals surface area contributed by atoms with E-state index in [-0.39, 0.29) is 35.2 Å². The van der Waals surface area contributed by atoms with Crippen molar-refractivity contribution < 1.29 is 40.6 Å². The summed E-state index contributed by atoms with van der Waals surface area (Å²) in [5.74, 6) is 0. The maximum atomic E-state index is 12.8.